The van der Waals surface area contributed by atoms with E-state index in [1.807, 2.05) is 18.2 Å². The van der Waals surface area contributed by atoms with Crippen LogP contribution >= 0.6 is 0 Å². The first-order valence-electron chi connectivity index (χ1n) is 11.8. The van der Waals surface area contributed by atoms with E-state index in [0.29, 0.717) is 12.4 Å². The maximum Gasteiger partial charge on any atom is 0.293 e. The van der Waals surface area contributed by atoms with Crippen LogP contribution < -0.4 is 10.9 Å². The number of hydrogen-bond donors (Lipinski definition) is 1. The van der Waals surface area contributed by atoms with Crippen molar-refractivity contribution in [3.8, 4) is 11.1 Å². The summed E-state index contributed by atoms with van der Waals surface area (Å²) in [4.78, 5) is 23.7. The van der Waals surface area contributed by atoms with Crippen molar-refractivity contribution in [2.75, 3.05) is 18.4 Å². The minimum Gasteiger partial charge on any atom is -0.363 e. The Kier molecular flexibility index (Phi) is 6.77. The van der Waals surface area contributed by atoms with Crippen molar-refractivity contribution >= 4 is 5.82 Å². The van der Waals surface area contributed by atoms with Crippen LogP contribution in [0.4, 0.5) is 5.82 Å². The molecule has 1 saturated heterocycles. The fourth-order valence-corrected chi connectivity index (χ4v) is 4.48. The van der Waals surface area contributed by atoms with Gasteiger partial charge < -0.3 is 9.88 Å². The molecule has 2 aromatic heterocycles. The normalized spacial score (nSPS) is 14.7. The number of hydrogen-bond acceptors (Lipinski definition) is 5. The molecule has 2 aromatic carbocycles. The molecule has 0 spiro atoms. The van der Waals surface area contributed by atoms with Crippen LogP contribution in [0.1, 0.15) is 24.0 Å². The standard InChI is InChI=1S/C28H29N5O/c34-28-27(30-16-19-33(28)21-23-10-14-29-15-11-23)31-26-12-17-32(18-13-26)20-22-6-8-25(9-7-22)24-4-2-1-3-5-24/h1-11,14-16,19,26H,12-13,17-18,20-21H2,(H,30,31). The molecule has 34 heavy (non-hydrogen) atoms. The number of nitrogens with one attached hydrogen (secondary N) is 1. The molecule has 1 N–H and O–H groups in total. The largest absolute Gasteiger partial charge is 0.363 e. The molecule has 0 amide bonds. The SMILES string of the molecule is O=c1c(NC2CCN(Cc3ccc(-c4ccccc4)cc3)CC2)nccn1Cc1ccncc1. The van der Waals surface area contributed by atoms with Crippen molar-refractivity contribution in [1.29, 1.82) is 0 Å². The molecule has 4 aromatic rings. The molecule has 172 valence electrons. The first-order chi connectivity index (χ1) is 16.7. The van der Waals surface area contributed by atoms with Gasteiger partial charge in [-0.3, -0.25) is 14.7 Å². The lowest BCUT2D eigenvalue weighted by molar-refractivity contribution is 0.211. The van der Waals surface area contributed by atoms with Gasteiger partial charge in [-0.2, -0.15) is 0 Å². The highest BCUT2D eigenvalue weighted by atomic mass is 16.1. The second-order valence-corrected chi connectivity index (χ2v) is 8.82. The van der Waals surface area contributed by atoms with Gasteiger partial charge in [-0.25, -0.2) is 4.98 Å². The predicted octanol–water partition coefficient (Wildman–Crippen LogP) is 4.43. The molecule has 0 aliphatic carbocycles. The van der Waals surface area contributed by atoms with E-state index in [9.17, 15) is 4.79 Å². The Morgan fingerprint density at radius 3 is 2.21 bits per heavy atom. The minimum absolute atomic E-state index is 0.0831. The molecule has 0 saturated carbocycles. The zero-order valence-electron chi connectivity index (χ0n) is 19.2. The van der Waals surface area contributed by atoms with Crippen molar-refractivity contribution in [2.45, 2.75) is 32.0 Å². The zero-order chi connectivity index (χ0) is 23.2. The molecule has 1 aliphatic rings. The highest BCUT2D eigenvalue weighted by Gasteiger charge is 2.20. The summed E-state index contributed by atoms with van der Waals surface area (Å²) >= 11 is 0. The Bertz CT molecular complexity index is 1250. The topological polar surface area (TPSA) is 63.1 Å². The van der Waals surface area contributed by atoms with Crippen molar-refractivity contribution < 1.29 is 0 Å². The Morgan fingerprint density at radius 2 is 1.47 bits per heavy atom. The summed E-state index contributed by atoms with van der Waals surface area (Å²) in [5, 5.41) is 3.40. The van der Waals surface area contributed by atoms with Crippen LogP contribution in [0.5, 0.6) is 0 Å². The van der Waals surface area contributed by atoms with Gasteiger partial charge in [0.1, 0.15) is 0 Å². The van der Waals surface area contributed by atoms with Crippen molar-refractivity contribution in [2.24, 2.45) is 0 Å². The Hall–Kier alpha value is -3.77. The van der Waals surface area contributed by atoms with E-state index in [0.717, 1.165) is 38.0 Å². The second-order valence-electron chi connectivity index (χ2n) is 8.82. The molecule has 1 aliphatic heterocycles. The first kappa shape index (κ1) is 22.0. The van der Waals surface area contributed by atoms with Gasteiger partial charge in [0.25, 0.3) is 5.56 Å². The van der Waals surface area contributed by atoms with Gasteiger partial charge in [0, 0.05) is 50.5 Å². The molecule has 0 unspecified atom stereocenters. The number of likely N-dealkylation sites (tertiary alicyclic amines) is 1. The predicted molar refractivity (Wildman–Crippen MR) is 136 cm³/mol. The van der Waals surface area contributed by atoms with E-state index in [1.54, 1.807) is 29.4 Å². The van der Waals surface area contributed by atoms with Crippen molar-refractivity contribution in [3.63, 3.8) is 0 Å². The lowest BCUT2D eigenvalue weighted by Crippen LogP contribution is -2.40. The molecule has 6 heteroatoms. The molecular formula is C28H29N5O. The monoisotopic (exact) mass is 451 g/mol. The number of benzene rings is 2. The first-order valence-corrected chi connectivity index (χ1v) is 11.8. The smallest absolute Gasteiger partial charge is 0.293 e. The van der Waals surface area contributed by atoms with E-state index in [4.69, 9.17) is 0 Å². The van der Waals surface area contributed by atoms with Crippen molar-refractivity contribution in [3.05, 3.63) is 113 Å². The third-order valence-electron chi connectivity index (χ3n) is 6.41. The summed E-state index contributed by atoms with van der Waals surface area (Å²) < 4.78 is 1.69. The van der Waals surface area contributed by atoms with Crippen LogP contribution in [0, 0.1) is 0 Å². The van der Waals surface area contributed by atoms with Crippen LogP contribution in [0.2, 0.25) is 0 Å². The lowest BCUT2D eigenvalue weighted by Gasteiger charge is -2.32. The van der Waals surface area contributed by atoms with Gasteiger partial charge >= 0.3 is 0 Å². The summed E-state index contributed by atoms with van der Waals surface area (Å²) in [6, 6.07) is 23.4. The molecule has 3 heterocycles. The molecule has 0 bridgehead atoms. The van der Waals surface area contributed by atoms with E-state index < -0.39 is 0 Å². The van der Waals surface area contributed by atoms with Crippen molar-refractivity contribution in [1.82, 2.24) is 19.4 Å². The molecule has 5 rings (SSSR count). The summed E-state index contributed by atoms with van der Waals surface area (Å²) in [5.41, 5.74) is 4.78. The molecule has 1 fully saturated rings. The Labute approximate surface area is 199 Å². The maximum atomic E-state index is 12.9. The van der Waals surface area contributed by atoms with Gasteiger partial charge in [0.2, 0.25) is 0 Å². The van der Waals surface area contributed by atoms with E-state index in [2.05, 4.69) is 68.7 Å². The lowest BCUT2D eigenvalue weighted by atomic mass is 10.0. The fourth-order valence-electron chi connectivity index (χ4n) is 4.48. The van der Waals surface area contributed by atoms with E-state index in [1.165, 1.54) is 16.7 Å². The summed E-state index contributed by atoms with van der Waals surface area (Å²) in [6.07, 6.45) is 8.89. The van der Waals surface area contributed by atoms with Crippen LogP contribution in [-0.2, 0) is 13.1 Å². The number of pyridine rings is 1. The van der Waals surface area contributed by atoms with Gasteiger partial charge in [-0.05, 0) is 47.2 Å². The summed E-state index contributed by atoms with van der Waals surface area (Å²) in [7, 11) is 0. The zero-order valence-corrected chi connectivity index (χ0v) is 19.2. The van der Waals surface area contributed by atoms with E-state index >= 15 is 0 Å². The summed E-state index contributed by atoms with van der Waals surface area (Å²) in [5.74, 6) is 0.437. The maximum absolute atomic E-state index is 12.9. The average Bonchev–Trinajstić information content (AvgIpc) is 2.89. The van der Waals surface area contributed by atoms with Gasteiger partial charge in [-0.15, -0.1) is 0 Å². The molecule has 0 atom stereocenters. The molecular weight excluding hydrogens is 422 g/mol. The number of rotatable bonds is 7. The number of piperidine rings is 1. The number of anilines is 1. The average molecular weight is 452 g/mol. The molecule has 0 radical (unpaired) electrons. The van der Waals surface area contributed by atoms with Crippen LogP contribution in [0.25, 0.3) is 11.1 Å². The third kappa shape index (κ3) is 5.41. The second kappa shape index (κ2) is 10.4. The van der Waals surface area contributed by atoms with Crippen LogP contribution in [0.15, 0.2) is 96.3 Å². The third-order valence-corrected chi connectivity index (χ3v) is 6.41. The van der Waals surface area contributed by atoms with Crippen LogP contribution in [-0.4, -0.2) is 38.6 Å². The quantitative estimate of drug-likeness (QED) is 0.450. The highest BCUT2D eigenvalue weighted by molar-refractivity contribution is 5.63. The Balaban J connectivity index is 1.15. The highest BCUT2D eigenvalue weighted by Crippen LogP contribution is 2.21. The number of nitrogens with zero attached hydrogens (tertiary/aromatic N) is 4. The Morgan fingerprint density at radius 1 is 0.794 bits per heavy atom. The number of aromatic nitrogens is 3. The fraction of sp³-hybridized carbons (Fsp3) is 0.250. The van der Waals surface area contributed by atoms with Crippen LogP contribution in [0.3, 0.4) is 0 Å². The van der Waals surface area contributed by atoms with Gasteiger partial charge in [0.05, 0.1) is 6.54 Å². The summed E-state index contributed by atoms with van der Waals surface area (Å²) in [6.45, 7) is 3.45. The molecule has 6 nitrogen and oxygen atoms in total. The van der Waals surface area contributed by atoms with Gasteiger partial charge in [0.15, 0.2) is 5.82 Å². The van der Waals surface area contributed by atoms with E-state index in [-0.39, 0.29) is 11.6 Å². The minimum atomic E-state index is -0.0831. The van der Waals surface area contributed by atoms with Gasteiger partial charge in [-0.1, -0.05) is 54.6 Å².